The van der Waals surface area contributed by atoms with E-state index in [1.54, 1.807) is 18.2 Å². The number of hydrogen-bond acceptors (Lipinski definition) is 4. The Kier molecular flexibility index (Phi) is 4.32. The van der Waals surface area contributed by atoms with Gasteiger partial charge in [0.1, 0.15) is 19.3 Å². The van der Waals surface area contributed by atoms with Crippen LogP contribution in [-0.2, 0) is 11.0 Å². The Hall–Kier alpha value is -2.71. The number of carbonyl (C=O) groups is 1. The number of aryl methyl sites for hydroxylation is 1. The highest BCUT2D eigenvalue weighted by Crippen LogP contribution is 2.33. The minimum Gasteiger partial charge on any atom is -0.486 e. The topological polar surface area (TPSA) is 65.4 Å². The molecule has 134 valence electrons. The van der Waals surface area contributed by atoms with Crippen LogP contribution in [0.3, 0.4) is 0 Å². The molecule has 0 fully saturated rings. The first-order chi connectivity index (χ1) is 11.8. The monoisotopic (exact) mass is 355 g/mol. The van der Waals surface area contributed by atoms with E-state index in [4.69, 9.17) is 9.47 Å². The van der Waals surface area contributed by atoms with Crippen LogP contribution in [0.5, 0.6) is 11.5 Å². The molecule has 1 aromatic carbocycles. The van der Waals surface area contributed by atoms with E-state index in [9.17, 15) is 18.0 Å². The molecule has 1 aliphatic rings. The molecule has 6 nitrogen and oxygen atoms in total. The molecule has 0 saturated carbocycles. The molecule has 1 atom stereocenters. The maximum Gasteiger partial charge on any atom is 0.435 e. The van der Waals surface area contributed by atoms with Crippen molar-refractivity contribution in [3.63, 3.8) is 0 Å². The van der Waals surface area contributed by atoms with Crippen LogP contribution < -0.4 is 14.8 Å². The SMILES string of the molecule is Cc1cc(C(F)(F)F)nn1[C@@H](C)C(=O)Nc1ccc2c(c1)OCCO2. The largest absolute Gasteiger partial charge is 0.486 e. The van der Waals surface area contributed by atoms with Gasteiger partial charge in [-0.05, 0) is 32.0 Å². The number of halogens is 3. The van der Waals surface area contributed by atoms with E-state index < -0.39 is 23.8 Å². The van der Waals surface area contributed by atoms with Gasteiger partial charge in [-0.1, -0.05) is 0 Å². The maximum atomic E-state index is 12.8. The molecule has 0 radical (unpaired) electrons. The van der Waals surface area contributed by atoms with Crippen LogP contribution in [-0.4, -0.2) is 28.9 Å². The third-order valence-corrected chi connectivity index (χ3v) is 3.77. The minimum atomic E-state index is -4.55. The number of hydrogen-bond donors (Lipinski definition) is 1. The van der Waals surface area contributed by atoms with Gasteiger partial charge >= 0.3 is 6.18 Å². The Morgan fingerprint density at radius 2 is 1.92 bits per heavy atom. The van der Waals surface area contributed by atoms with Crippen molar-refractivity contribution < 1.29 is 27.4 Å². The molecule has 0 spiro atoms. The highest BCUT2D eigenvalue weighted by molar-refractivity contribution is 5.93. The molecule has 0 aliphatic carbocycles. The second-order valence-corrected chi connectivity index (χ2v) is 5.64. The molecular weight excluding hydrogens is 339 g/mol. The van der Waals surface area contributed by atoms with E-state index >= 15 is 0 Å². The standard InChI is InChI=1S/C16H16F3N3O3/c1-9-7-14(16(17,18)19)21-22(9)10(2)15(23)20-11-3-4-12-13(8-11)25-6-5-24-12/h3-4,7-8,10H,5-6H2,1-2H3,(H,20,23)/t10-/m0/s1. The third kappa shape index (κ3) is 3.54. The number of benzene rings is 1. The van der Waals surface area contributed by atoms with Gasteiger partial charge in [-0.3, -0.25) is 9.48 Å². The molecule has 0 bridgehead atoms. The first-order valence-corrected chi connectivity index (χ1v) is 7.59. The normalized spacial score (nSPS) is 14.9. The zero-order chi connectivity index (χ0) is 18.2. The number of nitrogens with one attached hydrogen (secondary N) is 1. The molecule has 0 unspecified atom stereocenters. The predicted octanol–water partition coefficient (Wildman–Crippen LogP) is 3.18. The van der Waals surface area contributed by atoms with Gasteiger partial charge in [0.15, 0.2) is 17.2 Å². The van der Waals surface area contributed by atoms with Gasteiger partial charge in [0.05, 0.1) is 0 Å². The van der Waals surface area contributed by atoms with E-state index in [0.29, 0.717) is 30.4 Å². The van der Waals surface area contributed by atoms with Crippen LogP contribution in [0.15, 0.2) is 24.3 Å². The number of fused-ring (bicyclic) bond motifs is 1. The molecule has 1 aromatic heterocycles. The number of carbonyl (C=O) groups excluding carboxylic acids is 1. The van der Waals surface area contributed by atoms with Crippen molar-refractivity contribution in [2.24, 2.45) is 0 Å². The highest BCUT2D eigenvalue weighted by atomic mass is 19.4. The summed E-state index contributed by atoms with van der Waals surface area (Å²) in [6.45, 7) is 3.81. The van der Waals surface area contributed by atoms with Crippen LogP contribution in [0, 0.1) is 6.92 Å². The number of amides is 1. The van der Waals surface area contributed by atoms with Crippen LogP contribution in [0.25, 0.3) is 0 Å². The number of aromatic nitrogens is 2. The fraction of sp³-hybridized carbons (Fsp3) is 0.375. The average Bonchev–Trinajstić information content (AvgIpc) is 2.96. The Morgan fingerprint density at radius 3 is 2.56 bits per heavy atom. The summed E-state index contributed by atoms with van der Waals surface area (Å²) in [5, 5.41) is 6.15. The van der Waals surface area contributed by atoms with Gasteiger partial charge in [-0.15, -0.1) is 0 Å². The van der Waals surface area contributed by atoms with Crippen molar-refractivity contribution in [3.05, 3.63) is 35.7 Å². The Balaban J connectivity index is 1.76. The Bertz CT molecular complexity index is 802. The molecular formula is C16H16F3N3O3. The van der Waals surface area contributed by atoms with Crippen molar-refractivity contribution >= 4 is 11.6 Å². The lowest BCUT2D eigenvalue weighted by Gasteiger charge is -2.20. The van der Waals surface area contributed by atoms with Gasteiger partial charge in [-0.2, -0.15) is 18.3 Å². The van der Waals surface area contributed by atoms with Crippen LogP contribution >= 0.6 is 0 Å². The van der Waals surface area contributed by atoms with Crippen LogP contribution in [0.4, 0.5) is 18.9 Å². The quantitative estimate of drug-likeness (QED) is 0.918. The molecule has 1 amide bonds. The minimum absolute atomic E-state index is 0.247. The number of anilines is 1. The molecule has 25 heavy (non-hydrogen) atoms. The summed E-state index contributed by atoms with van der Waals surface area (Å²) in [4.78, 5) is 12.4. The van der Waals surface area contributed by atoms with Crippen molar-refractivity contribution in [3.8, 4) is 11.5 Å². The van der Waals surface area contributed by atoms with Gasteiger partial charge < -0.3 is 14.8 Å². The average molecular weight is 355 g/mol. The van der Waals surface area contributed by atoms with Crippen molar-refractivity contribution in [1.29, 1.82) is 0 Å². The van der Waals surface area contributed by atoms with Crippen LogP contribution in [0.1, 0.15) is 24.4 Å². The fourth-order valence-corrected chi connectivity index (χ4v) is 2.50. The molecule has 3 rings (SSSR count). The fourth-order valence-electron chi connectivity index (χ4n) is 2.50. The lowest BCUT2D eigenvalue weighted by Crippen LogP contribution is -2.25. The second-order valence-electron chi connectivity index (χ2n) is 5.64. The van der Waals surface area contributed by atoms with E-state index in [1.165, 1.54) is 13.8 Å². The Morgan fingerprint density at radius 1 is 1.24 bits per heavy atom. The van der Waals surface area contributed by atoms with E-state index in [-0.39, 0.29) is 5.69 Å². The number of alkyl halides is 3. The molecule has 1 N–H and O–H groups in total. The Labute approximate surface area is 141 Å². The van der Waals surface area contributed by atoms with Crippen molar-refractivity contribution in [1.82, 2.24) is 9.78 Å². The molecule has 1 aliphatic heterocycles. The molecule has 2 heterocycles. The summed E-state index contributed by atoms with van der Waals surface area (Å²) >= 11 is 0. The zero-order valence-corrected chi connectivity index (χ0v) is 13.6. The summed E-state index contributed by atoms with van der Waals surface area (Å²) in [5.74, 6) is 0.595. The van der Waals surface area contributed by atoms with Gasteiger partial charge in [0, 0.05) is 17.4 Å². The van der Waals surface area contributed by atoms with E-state index in [1.807, 2.05) is 0 Å². The summed E-state index contributed by atoms with van der Waals surface area (Å²) in [6.07, 6.45) is -4.55. The first-order valence-electron chi connectivity index (χ1n) is 7.59. The molecule has 9 heteroatoms. The number of rotatable bonds is 3. The maximum absolute atomic E-state index is 12.8. The number of ether oxygens (including phenoxy) is 2. The highest BCUT2D eigenvalue weighted by Gasteiger charge is 2.35. The summed E-state index contributed by atoms with van der Waals surface area (Å²) < 4.78 is 50.1. The van der Waals surface area contributed by atoms with E-state index in [2.05, 4.69) is 10.4 Å². The summed E-state index contributed by atoms with van der Waals surface area (Å²) in [7, 11) is 0. The van der Waals surface area contributed by atoms with Crippen molar-refractivity contribution in [2.45, 2.75) is 26.1 Å². The lowest BCUT2D eigenvalue weighted by atomic mass is 10.2. The van der Waals surface area contributed by atoms with Crippen molar-refractivity contribution in [2.75, 3.05) is 18.5 Å². The lowest BCUT2D eigenvalue weighted by molar-refractivity contribution is -0.141. The van der Waals surface area contributed by atoms with Gasteiger partial charge in [-0.25, -0.2) is 0 Å². The zero-order valence-electron chi connectivity index (χ0n) is 13.6. The van der Waals surface area contributed by atoms with Gasteiger partial charge in [0.2, 0.25) is 5.91 Å². The second kappa shape index (κ2) is 6.30. The third-order valence-electron chi connectivity index (χ3n) is 3.77. The molecule has 0 saturated heterocycles. The van der Waals surface area contributed by atoms with E-state index in [0.717, 1.165) is 10.7 Å². The molecule has 2 aromatic rings. The summed E-state index contributed by atoms with van der Waals surface area (Å²) in [6, 6.07) is 4.90. The predicted molar refractivity (Wildman–Crippen MR) is 82.7 cm³/mol. The summed E-state index contributed by atoms with van der Waals surface area (Å²) in [5.41, 5.74) is -0.317. The van der Waals surface area contributed by atoms with Crippen LogP contribution in [0.2, 0.25) is 0 Å². The first kappa shape index (κ1) is 17.1. The van der Waals surface area contributed by atoms with Gasteiger partial charge in [0.25, 0.3) is 0 Å². The number of nitrogens with zero attached hydrogens (tertiary/aromatic N) is 2. The smallest absolute Gasteiger partial charge is 0.435 e.